The minimum Gasteiger partial charge on any atom is 0 e. The van der Waals surface area contributed by atoms with Gasteiger partial charge in [0.05, 0.1) is 0 Å². The van der Waals surface area contributed by atoms with Crippen LogP contribution in [0, 0.1) is 0 Å². The van der Waals surface area contributed by atoms with Gasteiger partial charge in [0.1, 0.15) is 0 Å². The van der Waals surface area contributed by atoms with E-state index in [1.54, 1.807) is 0 Å². The Morgan fingerprint density at radius 3 is 1.17 bits per heavy atom. The second kappa shape index (κ2) is 36.3. The Bertz CT molecular complexity index is 15.5. The summed E-state index contributed by atoms with van der Waals surface area (Å²) in [5.41, 5.74) is 0. The van der Waals surface area contributed by atoms with Gasteiger partial charge < -0.3 is 0 Å². The summed E-state index contributed by atoms with van der Waals surface area (Å²) in [6.07, 6.45) is 0. The van der Waals surface area contributed by atoms with Gasteiger partial charge >= 0.3 is 28.5 Å². The van der Waals surface area contributed by atoms with Crippen molar-refractivity contribution in [2.45, 2.75) is 0 Å². The molecule has 0 atom stereocenters. The normalized spacial score (nSPS) is 0.667. The quantitative estimate of drug-likeness (QED) is 0.291. The van der Waals surface area contributed by atoms with Crippen LogP contribution in [0.4, 0.5) is 0 Å². The fourth-order valence-electron chi connectivity index (χ4n) is 0. The van der Waals surface area contributed by atoms with Gasteiger partial charge in [0, 0.05) is 96.8 Å². The molecule has 0 aliphatic heterocycles. The average Bonchev–Trinajstić information content (AvgIpc) is 1.00. The molecular weight excluding hydrogens is 639 g/mol. The third-order valence-corrected chi connectivity index (χ3v) is 0. The fourth-order valence-corrected chi connectivity index (χ4v) is 0. The molecule has 0 amide bonds. The van der Waals surface area contributed by atoms with Crippen molar-refractivity contribution in [2.75, 3.05) is 0 Å². The molecule has 0 aliphatic rings. The molecule has 0 rings (SSSR count). The second-order valence-corrected chi connectivity index (χ2v) is 0. The SMILES string of the molecule is [Cd].[Ga].[In].[O]=[Pb].[Sn]. The first-order valence-electron chi connectivity index (χ1n) is 0.204. The molecule has 0 aromatic carbocycles. The van der Waals surface area contributed by atoms with Gasteiger partial charge in [0.15, 0.2) is 0 Å². The van der Waals surface area contributed by atoms with E-state index in [1.807, 2.05) is 0 Å². The molecule has 0 saturated carbocycles. The summed E-state index contributed by atoms with van der Waals surface area (Å²) in [6, 6.07) is 0. The first kappa shape index (κ1) is 32.5. The van der Waals surface area contributed by atoms with Gasteiger partial charge in [0.2, 0.25) is 0 Å². The molecule has 0 aromatic rings. The molecule has 22 valence electrons. The molecule has 0 N–H and O–H groups in total. The fraction of sp³-hybridized carbons (Fsp3) is 0. The van der Waals surface area contributed by atoms with E-state index < -0.39 is 0 Å². The molecule has 0 aliphatic carbocycles. The van der Waals surface area contributed by atoms with E-state index in [-0.39, 0.29) is 123 Å². The molecular formula is CdGaInOPbSn. The Hall–Kier alpha value is 3.95. The van der Waals surface area contributed by atoms with Crippen molar-refractivity contribution in [1.82, 2.24) is 0 Å². The summed E-state index contributed by atoms with van der Waals surface area (Å²) in [5, 5.41) is 0. The Kier molecular flexibility index (Phi) is 197. The molecule has 0 saturated heterocycles. The summed E-state index contributed by atoms with van der Waals surface area (Å²) in [4.78, 5) is 0. The minimum absolute atomic E-state index is 0. The van der Waals surface area contributed by atoms with Crippen molar-refractivity contribution < 1.29 is 30.0 Å². The van der Waals surface area contributed by atoms with E-state index >= 15 is 0 Å². The molecule has 0 spiro atoms. The van der Waals surface area contributed by atoms with E-state index in [9.17, 15) is 0 Å². The molecule has 0 aromatic heterocycles. The average molecular weight is 639 g/mol. The molecule has 1 nitrogen and oxygen atoms in total. The summed E-state index contributed by atoms with van der Waals surface area (Å²) >= 11 is 0.0556. The first-order valence-corrected chi connectivity index (χ1v) is 1.79. The molecule has 6 heavy (non-hydrogen) atoms. The zero-order valence-corrected chi connectivity index (χ0v) is 19.8. The van der Waals surface area contributed by atoms with Crippen LogP contribution in [0.2, 0.25) is 0 Å². The van der Waals surface area contributed by atoms with Crippen LogP contribution in [0.1, 0.15) is 0 Å². The maximum absolute atomic E-state index is 8.39. The van der Waals surface area contributed by atoms with Crippen LogP contribution in [0.5, 0.6) is 0 Å². The Morgan fingerprint density at radius 1 is 1.17 bits per heavy atom. The summed E-state index contributed by atoms with van der Waals surface area (Å²) in [7, 11) is 0. The Labute approximate surface area is 122 Å². The summed E-state index contributed by atoms with van der Waals surface area (Å²) in [5.74, 6) is 0. The van der Waals surface area contributed by atoms with E-state index in [1.165, 1.54) is 0 Å². The monoisotopic (exact) mass is 642 g/mol. The van der Waals surface area contributed by atoms with Gasteiger partial charge in [-0.15, -0.1) is 0 Å². The molecule has 6 heteroatoms. The van der Waals surface area contributed by atoms with Crippen molar-refractivity contribution in [3.63, 3.8) is 0 Å². The second-order valence-electron chi connectivity index (χ2n) is 0. The van der Waals surface area contributed by atoms with Gasteiger partial charge in [0.25, 0.3) is 0 Å². The number of hydrogen-bond acceptors (Lipinski definition) is 1. The third kappa shape index (κ3) is 24.6. The third-order valence-electron chi connectivity index (χ3n) is 0. The van der Waals surface area contributed by atoms with Gasteiger partial charge in [-0.2, -0.15) is 0 Å². The predicted octanol–water partition coefficient (Wildman–Crippen LogP) is -1.64. The van der Waals surface area contributed by atoms with Crippen molar-refractivity contribution >= 4 is 95.3 Å². The first-order chi connectivity index (χ1) is 1.00. The molecule has 0 fully saturated rings. The number of rotatable bonds is 0. The topological polar surface area (TPSA) is 17.1 Å². The van der Waals surface area contributed by atoms with Crippen LogP contribution in [0.3, 0.4) is 0 Å². The summed E-state index contributed by atoms with van der Waals surface area (Å²) in [6.45, 7) is 0. The standard InChI is InChI=1S/Cd.Ga.In.O.Pb.Sn. The molecule has 0 bridgehead atoms. The maximum Gasteiger partial charge on any atom is 0 e. The van der Waals surface area contributed by atoms with E-state index in [0.717, 1.165) is 0 Å². The van der Waals surface area contributed by atoms with Crippen LogP contribution in [0.25, 0.3) is 0 Å². The Morgan fingerprint density at radius 2 is 1.17 bits per heavy atom. The number of hydrogen-bond donors (Lipinski definition) is 0. The van der Waals surface area contributed by atoms with Crippen LogP contribution >= 0.6 is 0 Å². The predicted molar refractivity (Wildman–Crippen MR) is 23.7 cm³/mol. The minimum atomic E-state index is 0. The molecule has 0 heterocycles. The Balaban J connectivity index is -0.000000000833. The van der Waals surface area contributed by atoms with Crippen molar-refractivity contribution in [3.8, 4) is 0 Å². The van der Waals surface area contributed by atoms with Crippen LogP contribution in [-0.2, 0) is 30.0 Å². The largest absolute Gasteiger partial charge is 0 e. The molecule has 0 unspecified atom stereocenters. The summed E-state index contributed by atoms with van der Waals surface area (Å²) < 4.78 is 8.39. The van der Waals surface area contributed by atoms with E-state index in [0.29, 0.717) is 0 Å². The van der Waals surface area contributed by atoms with Crippen LogP contribution < -0.4 is 0 Å². The van der Waals surface area contributed by atoms with Gasteiger partial charge in [-0.1, -0.05) is 0 Å². The van der Waals surface area contributed by atoms with Crippen molar-refractivity contribution in [3.05, 3.63) is 0 Å². The van der Waals surface area contributed by atoms with Crippen LogP contribution in [-0.4, -0.2) is 95.3 Å². The van der Waals surface area contributed by atoms with Gasteiger partial charge in [-0.05, 0) is 0 Å². The van der Waals surface area contributed by atoms with Crippen molar-refractivity contribution in [2.24, 2.45) is 0 Å². The zero-order valence-electron chi connectivity index (χ0n) is 3.27. The van der Waals surface area contributed by atoms with Gasteiger partial charge in [-0.25, -0.2) is 0 Å². The maximum atomic E-state index is 8.39. The van der Waals surface area contributed by atoms with Crippen LogP contribution in [0.15, 0.2) is 0 Å². The van der Waals surface area contributed by atoms with E-state index in [2.05, 4.69) is 0 Å². The van der Waals surface area contributed by atoms with Gasteiger partial charge in [-0.3, -0.25) is 0 Å². The smallest absolute Gasteiger partial charge is 0 e. The van der Waals surface area contributed by atoms with E-state index in [4.69, 9.17) is 2.69 Å². The molecule has 12 radical (unpaired) electrons. The zero-order chi connectivity index (χ0) is 2.00. The van der Waals surface area contributed by atoms with Crippen molar-refractivity contribution in [1.29, 1.82) is 0 Å².